The van der Waals surface area contributed by atoms with Gasteiger partial charge in [-0.1, -0.05) is 6.08 Å². The van der Waals surface area contributed by atoms with E-state index in [1.807, 2.05) is 19.1 Å². The van der Waals surface area contributed by atoms with Crippen LogP contribution in [0.15, 0.2) is 24.5 Å². The quantitative estimate of drug-likeness (QED) is 0.401. The van der Waals surface area contributed by atoms with Crippen molar-refractivity contribution in [2.75, 3.05) is 7.11 Å². The second kappa shape index (κ2) is 4.44. The average Bonchev–Trinajstić information content (AvgIpc) is 1.83. The fraction of sp³-hybridized carbons (Fsp3) is 0.429. The van der Waals surface area contributed by atoms with Crippen molar-refractivity contribution in [1.29, 1.82) is 0 Å². The van der Waals surface area contributed by atoms with Gasteiger partial charge >= 0.3 is 0 Å². The van der Waals surface area contributed by atoms with E-state index in [9.17, 15) is 0 Å². The van der Waals surface area contributed by atoms with Gasteiger partial charge in [0.05, 0.1) is 12.9 Å². The van der Waals surface area contributed by atoms with Crippen LogP contribution in [-0.4, -0.2) is 7.11 Å². The van der Waals surface area contributed by atoms with E-state index in [1.54, 1.807) is 7.11 Å². The van der Waals surface area contributed by atoms with Crippen LogP contribution in [0.1, 0.15) is 13.3 Å². The van der Waals surface area contributed by atoms with Gasteiger partial charge in [-0.25, -0.2) is 0 Å². The van der Waals surface area contributed by atoms with Crippen LogP contribution in [0.4, 0.5) is 0 Å². The summed E-state index contributed by atoms with van der Waals surface area (Å²) in [4.78, 5) is 0. The zero-order chi connectivity index (χ0) is 6.41. The van der Waals surface area contributed by atoms with E-state index in [0.717, 1.165) is 12.2 Å². The average molecular weight is 112 g/mol. The maximum absolute atomic E-state index is 4.93. The molecule has 0 radical (unpaired) electrons. The summed E-state index contributed by atoms with van der Waals surface area (Å²) in [6, 6.07) is 0. The standard InChI is InChI=1S/C7H12O/c1-4-6-7(5-2)8-3/h4-5H,1,6H2,2-3H3/b7-5-. The van der Waals surface area contributed by atoms with E-state index in [1.165, 1.54) is 0 Å². The van der Waals surface area contributed by atoms with Gasteiger partial charge in [0, 0.05) is 6.42 Å². The molecule has 0 aromatic rings. The van der Waals surface area contributed by atoms with Crippen molar-refractivity contribution in [3.8, 4) is 0 Å². The lowest BCUT2D eigenvalue weighted by molar-refractivity contribution is 0.284. The van der Waals surface area contributed by atoms with Crippen molar-refractivity contribution in [2.24, 2.45) is 0 Å². The molecule has 0 N–H and O–H groups in total. The number of hydrogen-bond donors (Lipinski definition) is 0. The van der Waals surface area contributed by atoms with Crippen LogP contribution in [0.2, 0.25) is 0 Å². The molecule has 8 heavy (non-hydrogen) atoms. The summed E-state index contributed by atoms with van der Waals surface area (Å²) >= 11 is 0. The third kappa shape index (κ3) is 2.45. The van der Waals surface area contributed by atoms with Crippen LogP contribution in [-0.2, 0) is 4.74 Å². The number of ether oxygens (including phenoxy) is 1. The molecule has 0 aromatic heterocycles. The Labute approximate surface area is 50.7 Å². The van der Waals surface area contributed by atoms with E-state index in [-0.39, 0.29) is 0 Å². The lowest BCUT2D eigenvalue weighted by Crippen LogP contribution is -1.81. The predicted molar refractivity (Wildman–Crippen MR) is 35.6 cm³/mol. The highest BCUT2D eigenvalue weighted by molar-refractivity contribution is 4.95. The smallest absolute Gasteiger partial charge is 0.0950 e. The maximum atomic E-state index is 4.93. The summed E-state index contributed by atoms with van der Waals surface area (Å²) in [6.45, 7) is 5.52. The van der Waals surface area contributed by atoms with E-state index >= 15 is 0 Å². The van der Waals surface area contributed by atoms with Gasteiger partial charge in [-0.2, -0.15) is 0 Å². The molecule has 0 aromatic carbocycles. The largest absolute Gasteiger partial charge is 0.501 e. The van der Waals surface area contributed by atoms with Crippen molar-refractivity contribution in [1.82, 2.24) is 0 Å². The molecule has 0 bridgehead atoms. The summed E-state index contributed by atoms with van der Waals surface area (Å²) in [5.74, 6) is 0.972. The summed E-state index contributed by atoms with van der Waals surface area (Å²) in [5.41, 5.74) is 0. The first-order chi connectivity index (χ1) is 3.85. The lowest BCUT2D eigenvalue weighted by Gasteiger charge is -1.98. The highest BCUT2D eigenvalue weighted by Crippen LogP contribution is 2.00. The van der Waals surface area contributed by atoms with Crippen LogP contribution in [0.5, 0.6) is 0 Å². The van der Waals surface area contributed by atoms with Gasteiger partial charge in [0.15, 0.2) is 0 Å². The minimum atomic E-state index is 0.826. The van der Waals surface area contributed by atoms with Gasteiger partial charge in [0.1, 0.15) is 0 Å². The highest BCUT2D eigenvalue weighted by atomic mass is 16.5. The Morgan fingerprint density at radius 3 is 2.50 bits per heavy atom. The first-order valence-corrected chi connectivity index (χ1v) is 2.65. The topological polar surface area (TPSA) is 9.23 Å². The summed E-state index contributed by atoms with van der Waals surface area (Å²) in [6.07, 6.45) is 4.58. The summed E-state index contributed by atoms with van der Waals surface area (Å²) in [5, 5.41) is 0. The van der Waals surface area contributed by atoms with Gasteiger partial charge in [-0.05, 0) is 13.0 Å². The molecule has 0 fully saturated rings. The molecule has 0 unspecified atom stereocenters. The highest BCUT2D eigenvalue weighted by Gasteiger charge is 1.85. The molecule has 0 spiro atoms. The summed E-state index contributed by atoms with van der Waals surface area (Å²) in [7, 11) is 1.67. The first kappa shape index (κ1) is 7.28. The van der Waals surface area contributed by atoms with E-state index in [2.05, 4.69) is 6.58 Å². The molecule has 1 nitrogen and oxygen atoms in total. The number of rotatable bonds is 3. The van der Waals surface area contributed by atoms with Gasteiger partial charge in [-0.3, -0.25) is 0 Å². The van der Waals surface area contributed by atoms with Crippen molar-refractivity contribution in [3.63, 3.8) is 0 Å². The Morgan fingerprint density at radius 2 is 2.38 bits per heavy atom. The maximum Gasteiger partial charge on any atom is 0.0950 e. The minimum absolute atomic E-state index is 0.826. The zero-order valence-corrected chi connectivity index (χ0v) is 5.48. The lowest BCUT2D eigenvalue weighted by atomic mass is 10.3. The third-order valence-corrected chi connectivity index (χ3v) is 0.930. The second-order valence-corrected chi connectivity index (χ2v) is 1.45. The Hall–Kier alpha value is -0.720. The number of allylic oxidation sites excluding steroid dienone is 2. The number of hydrogen-bond acceptors (Lipinski definition) is 1. The molecule has 0 saturated heterocycles. The minimum Gasteiger partial charge on any atom is -0.501 e. The molecule has 0 heterocycles. The molecule has 0 atom stereocenters. The zero-order valence-electron chi connectivity index (χ0n) is 5.48. The molecule has 1 heteroatoms. The molecule has 0 aliphatic carbocycles. The summed E-state index contributed by atoms with van der Waals surface area (Å²) < 4.78 is 4.93. The number of methoxy groups -OCH3 is 1. The van der Waals surface area contributed by atoms with Crippen molar-refractivity contribution < 1.29 is 4.74 Å². The van der Waals surface area contributed by atoms with Gasteiger partial charge in [0.2, 0.25) is 0 Å². The van der Waals surface area contributed by atoms with Crippen LogP contribution < -0.4 is 0 Å². The van der Waals surface area contributed by atoms with Crippen LogP contribution >= 0.6 is 0 Å². The van der Waals surface area contributed by atoms with Gasteiger partial charge in [0.25, 0.3) is 0 Å². The van der Waals surface area contributed by atoms with E-state index in [4.69, 9.17) is 4.74 Å². The molecule has 0 rings (SSSR count). The Balaban J connectivity index is 3.53. The first-order valence-electron chi connectivity index (χ1n) is 2.65. The van der Waals surface area contributed by atoms with Crippen LogP contribution in [0.25, 0.3) is 0 Å². The normalized spacial score (nSPS) is 11.0. The van der Waals surface area contributed by atoms with Crippen molar-refractivity contribution in [3.05, 3.63) is 24.5 Å². The van der Waals surface area contributed by atoms with Crippen LogP contribution in [0.3, 0.4) is 0 Å². The molecule has 0 amide bonds. The van der Waals surface area contributed by atoms with Gasteiger partial charge in [-0.15, -0.1) is 6.58 Å². The van der Waals surface area contributed by atoms with Crippen molar-refractivity contribution >= 4 is 0 Å². The third-order valence-electron chi connectivity index (χ3n) is 0.930. The molecular weight excluding hydrogens is 100 g/mol. The molecule has 0 saturated carbocycles. The molecular formula is C7H12O. The monoisotopic (exact) mass is 112 g/mol. The molecule has 0 aliphatic rings. The SMILES string of the molecule is C=CC/C(=C/C)OC. The Bertz CT molecular complexity index is 92.6. The fourth-order valence-electron chi connectivity index (χ4n) is 0.461. The Kier molecular flexibility index (Phi) is 4.04. The molecule has 46 valence electrons. The van der Waals surface area contributed by atoms with Crippen LogP contribution in [0, 0.1) is 0 Å². The van der Waals surface area contributed by atoms with Gasteiger partial charge < -0.3 is 4.74 Å². The second-order valence-electron chi connectivity index (χ2n) is 1.45. The van der Waals surface area contributed by atoms with Crippen molar-refractivity contribution in [2.45, 2.75) is 13.3 Å². The van der Waals surface area contributed by atoms with E-state index < -0.39 is 0 Å². The fourth-order valence-corrected chi connectivity index (χ4v) is 0.461. The Morgan fingerprint density at radius 1 is 1.75 bits per heavy atom. The van der Waals surface area contributed by atoms with E-state index in [0.29, 0.717) is 0 Å². The predicted octanol–water partition coefficient (Wildman–Crippen LogP) is 2.11. The molecule has 0 aliphatic heterocycles.